The van der Waals surface area contributed by atoms with Crippen molar-refractivity contribution in [2.45, 2.75) is 19.4 Å². The van der Waals surface area contributed by atoms with Crippen molar-refractivity contribution in [1.82, 2.24) is 10.3 Å². The fourth-order valence-electron chi connectivity index (χ4n) is 2.17. The standard InChI is InChI=1S/C16H19ClN2O/c1-11-4-6-13(19-10-11)9-15(18-2)14-7-5-12(17)8-16(14)20-3/h4-8,10,15,18H,9H2,1-3H3. The summed E-state index contributed by atoms with van der Waals surface area (Å²) in [5.74, 6) is 0.795. The molecule has 20 heavy (non-hydrogen) atoms. The van der Waals surface area contributed by atoms with Crippen molar-refractivity contribution in [3.8, 4) is 5.75 Å². The minimum Gasteiger partial charge on any atom is -0.496 e. The summed E-state index contributed by atoms with van der Waals surface area (Å²) >= 11 is 6.01. The Hall–Kier alpha value is -1.58. The molecule has 4 heteroatoms. The third-order valence-corrected chi connectivity index (χ3v) is 3.54. The molecule has 0 aliphatic carbocycles. The maximum Gasteiger partial charge on any atom is 0.125 e. The van der Waals surface area contributed by atoms with Gasteiger partial charge in [0.05, 0.1) is 7.11 Å². The molecule has 0 aliphatic heterocycles. The highest BCUT2D eigenvalue weighted by Gasteiger charge is 2.16. The number of hydrogen-bond acceptors (Lipinski definition) is 3. The van der Waals surface area contributed by atoms with Crippen LogP contribution < -0.4 is 10.1 Å². The molecule has 2 rings (SSSR count). The Kier molecular flexibility index (Phi) is 4.99. The summed E-state index contributed by atoms with van der Waals surface area (Å²) in [4.78, 5) is 4.46. The van der Waals surface area contributed by atoms with E-state index in [4.69, 9.17) is 16.3 Å². The average Bonchev–Trinajstić information content (AvgIpc) is 2.47. The molecule has 1 atom stereocenters. The fraction of sp³-hybridized carbons (Fsp3) is 0.312. The molecule has 0 fully saturated rings. The second-order valence-corrected chi connectivity index (χ2v) is 5.19. The minimum atomic E-state index is 0.137. The highest BCUT2D eigenvalue weighted by Crippen LogP contribution is 2.29. The smallest absolute Gasteiger partial charge is 0.125 e. The van der Waals surface area contributed by atoms with Crippen LogP contribution in [0.1, 0.15) is 22.9 Å². The number of nitrogens with one attached hydrogen (secondary N) is 1. The predicted molar refractivity (Wildman–Crippen MR) is 82.5 cm³/mol. The van der Waals surface area contributed by atoms with E-state index in [0.717, 1.165) is 23.4 Å². The van der Waals surface area contributed by atoms with E-state index in [9.17, 15) is 0 Å². The Balaban J connectivity index is 2.26. The van der Waals surface area contributed by atoms with Crippen LogP contribution in [0.3, 0.4) is 0 Å². The molecule has 0 aliphatic rings. The monoisotopic (exact) mass is 290 g/mol. The van der Waals surface area contributed by atoms with Gasteiger partial charge in [0.1, 0.15) is 5.75 Å². The Morgan fingerprint density at radius 2 is 2.10 bits per heavy atom. The molecule has 0 spiro atoms. The van der Waals surface area contributed by atoms with E-state index in [1.165, 1.54) is 5.56 Å². The first-order chi connectivity index (χ1) is 9.63. The second-order valence-electron chi connectivity index (χ2n) is 4.76. The van der Waals surface area contributed by atoms with Crippen LogP contribution in [-0.2, 0) is 6.42 Å². The number of benzene rings is 1. The van der Waals surface area contributed by atoms with Crippen molar-refractivity contribution in [2.75, 3.05) is 14.2 Å². The molecule has 1 heterocycles. The SMILES string of the molecule is CNC(Cc1ccc(C)cn1)c1ccc(Cl)cc1OC. The van der Waals surface area contributed by atoms with E-state index in [2.05, 4.69) is 22.4 Å². The second kappa shape index (κ2) is 6.73. The van der Waals surface area contributed by atoms with Crippen LogP contribution in [0, 0.1) is 6.92 Å². The number of halogens is 1. The van der Waals surface area contributed by atoms with Crippen LogP contribution in [0.15, 0.2) is 36.5 Å². The number of aryl methyl sites for hydroxylation is 1. The maximum atomic E-state index is 6.01. The third kappa shape index (κ3) is 3.50. The van der Waals surface area contributed by atoms with Crippen molar-refractivity contribution in [1.29, 1.82) is 0 Å². The van der Waals surface area contributed by atoms with Gasteiger partial charge in [-0.25, -0.2) is 0 Å². The number of aromatic nitrogens is 1. The first-order valence-corrected chi connectivity index (χ1v) is 6.94. The summed E-state index contributed by atoms with van der Waals surface area (Å²) in [5, 5.41) is 3.99. The van der Waals surface area contributed by atoms with Crippen molar-refractivity contribution >= 4 is 11.6 Å². The molecule has 106 valence electrons. The molecule has 0 amide bonds. The third-order valence-electron chi connectivity index (χ3n) is 3.31. The Morgan fingerprint density at radius 3 is 2.70 bits per heavy atom. The van der Waals surface area contributed by atoms with Gasteiger partial charge in [0.25, 0.3) is 0 Å². The summed E-state index contributed by atoms with van der Waals surface area (Å²) in [5.41, 5.74) is 3.30. The highest BCUT2D eigenvalue weighted by molar-refractivity contribution is 6.30. The number of ether oxygens (including phenoxy) is 1. The number of methoxy groups -OCH3 is 1. The topological polar surface area (TPSA) is 34.2 Å². The molecule has 1 N–H and O–H groups in total. The van der Waals surface area contributed by atoms with E-state index in [0.29, 0.717) is 5.02 Å². The van der Waals surface area contributed by atoms with Crippen molar-refractivity contribution in [3.05, 3.63) is 58.4 Å². The Labute approximate surface area is 124 Å². The van der Waals surface area contributed by atoms with Crippen LogP contribution in [0.25, 0.3) is 0 Å². The lowest BCUT2D eigenvalue weighted by molar-refractivity contribution is 0.401. The van der Waals surface area contributed by atoms with Gasteiger partial charge >= 0.3 is 0 Å². The molecule has 0 bridgehead atoms. The molecule has 3 nitrogen and oxygen atoms in total. The highest BCUT2D eigenvalue weighted by atomic mass is 35.5. The maximum absolute atomic E-state index is 6.01. The number of likely N-dealkylation sites (N-methyl/N-ethyl adjacent to an activating group) is 1. The summed E-state index contributed by atoms with van der Waals surface area (Å²) in [6.07, 6.45) is 2.69. The zero-order valence-corrected chi connectivity index (χ0v) is 12.7. The summed E-state index contributed by atoms with van der Waals surface area (Å²) < 4.78 is 5.42. The number of pyridine rings is 1. The lowest BCUT2D eigenvalue weighted by atomic mass is 10.0. The molecule has 0 saturated carbocycles. The van der Waals surface area contributed by atoms with Gasteiger partial charge in [-0.1, -0.05) is 23.7 Å². The van der Waals surface area contributed by atoms with Gasteiger partial charge in [-0.3, -0.25) is 4.98 Å². The van der Waals surface area contributed by atoms with Gasteiger partial charge in [0.15, 0.2) is 0 Å². The molecular weight excluding hydrogens is 272 g/mol. The van der Waals surface area contributed by atoms with E-state index < -0.39 is 0 Å². The van der Waals surface area contributed by atoms with Gasteiger partial charge < -0.3 is 10.1 Å². The van der Waals surface area contributed by atoms with Crippen LogP contribution in [0.5, 0.6) is 5.75 Å². The number of nitrogens with zero attached hydrogens (tertiary/aromatic N) is 1. The Morgan fingerprint density at radius 1 is 1.30 bits per heavy atom. The van der Waals surface area contributed by atoms with Crippen LogP contribution in [0.2, 0.25) is 5.02 Å². The van der Waals surface area contributed by atoms with Crippen molar-refractivity contribution in [2.24, 2.45) is 0 Å². The van der Waals surface area contributed by atoms with Crippen LogP contribution in [-0.4, -0.2) is 19.1 Å². The zero-order chi connectivity index (χ0) is 14.5. The van der Waals surface area contributed by atoms with Gasteiger partial charge in [-0.05, 0) is 37.7 Å². The van der Waals surface area contributed by atoms with Gasteiger partial charge in [-0.2, -0.15) is 0 Å². The molecule has 0 saturated heterocycles. The molecule has 1 unspecified atom stereocenters. The van der Waals surface area contributed by atoms with E-state index in [-0.39, 0.29) is 6.04 Å². The van der Waals surface area contributed by atoms with Crippen LogP contribution in [0.4, 0.5) is 0 Å². The predicted octanol–water partition coefficient (Wildman–Crippen LogP) is 3.56. The van der Waals surface area contributed by atoms with Gasteiger partial charge in [0, 0.05) is 34.9 Å². The average molecular weight is 291 g/mol. The van der Waals surface area contributed by atoms with Crippen LogP contribution >= 0.6 is 11.6 Å². The first-order valence-electron chi connectivity index (χ1n) is 6.56. The molecule has 1 aromatic heterocycles. The fourth-order valence-corrected chi connectivity index (χ4v) is 2.33. The van der Waals surface area contributed by atoms with Crippen molar-refractivity contribution < 1.29 is 4.74 Å². The van der Waals surface area contributed by atoms with Crippen molar-refractivity contribution in [3.63, 3.8) is 0 Å². The molecule has 0 radical (unpaired) electrons. The summed E-state index contributed by atoms with van der Waals surface area (Å²) in [6.45, 7) is 2.04. The number of rotatable bonds is 5. The lowest BCUT2D eigenvalue weighted by Crippen LogP contribution is -2.20. The quantitative estimate of drug-likeness (QED) is 0.914. The van der Waals surface area contributed by atoms with E-state index >= 15 is 0 Å². The van der Waals surface area contributed by atoms with E-state index in [1.807, 2.05) is 38.4 Å². The Bertz CT molecular complexity index is 569. The normalized spacial score (nSPS) is 12.2. The molecular formula is C16H19ClN2O. The lowest BCUT2D eigenvalue weighted by Gasteiger charge is -2.19. The molecule has 2 aromatic rings. The summed E-state index contributed by atoms with van der Waals surface area (Å²) in [6, 6.07) is 9.99. The largest absolute Gasteiger partial charge is 0.496 e. The molecule has 1 aromatic carbocycles. The van der Waals surface area contributed by atoms with Gasteiger partial charge in [0.2, 0.25) is 0 Å². The van der Waals surface area contributed by atoms with E-state index in [1.54, 1.807) is 7.11 Å². The van der Waals surface area contributed by atoms with Gasteiger partial charge in [-0.15, -0.1) is 0 Å². The zero-order valence-electron chi connectivity index (χ0n) is 12.0. The number of hydrogen-bond donors (Lipinski definition) is 1. The first kappa shape index (κ1) is 14.8. The minimum absolute atomic E-state index is 0.137. The summed E-state index contributed by atoms with van der Waals surface area (Å²) in [7, 11) is 3.60.